The number of benzene rings is 2. The van der Waals surface area contributed by atoms with Crippen molar-refractivity contribution in [2.24, 2.45) is 0 Å². The first-order valence-electron chi connectivity index (χ1n) is 8.27. The zero-order valence-corrected chi connectivity index (χ0v) is 14.9. The number of halogens is 5. The lowest BCUT2D eigenvalue weighted by molar-refractivity contribution is -0.137. The average molecular weight is 389 g/mol. The lowest BCUT2D eigenvalue weighted by Gasteiger charge is -2.33. The van der Waals surface area contributed by atoms with Crippen LogP contribution in [-0.4, -0.2) is 37.8 Å². The molecule has 1 atom stereocenters. The van der Waals surface area contributed by atoms with E-state index in [0.717, 1.165) is 49.4 Å². The van der Waals surface area contributed by atoms with E-state index in [0.29, 0.717) is 5.56 Å². The molecule has 0 unspecified atom stereocenters. The fourth-order valence-electron chi connectivity index (χ4n) is 3.14. The topological polar surface area (TPSA) is 15.3 Å². The molecule has 0 amide bonds. The highest BCUT2D eigenvalue weighted by molar-refractivity contribution is 5.85. The SMILES string of the molecule is Cl.FC[C@H](c1ccc(-c2ccc(C(F)(F)F)cc2)cc1)N1CCNCC1. The fourth-order valence-corrected chi connectivity index (χ4v) is 3.14. The van der Waals surface area contributed by atoms with Crippen LogP contribution >= 0.6 is 12.4 Å². The van der Waals surface area contributed by atoms with Gasteiger partial charge < -0.3 is 5.32 Å². The molecule has 1 fully saturated rings. The van der Waals surface area contributed by atoms with Crippen LogP contribution in [0.5, 0.6) is 0 Å². The Morgan fingerprint density at radius 3 is 1.85 bits per heavy atom. The van der Waals surface area contributed by atoms with Gasteiger partial charge in [0.2, 0.25) is 0 Å². The molecule has 142 valence electrons. The Kier molecular flexibility index (Phi) is 7.03. The van der Waals surface area contributed by atoms with Gasteiger partial charge in [-0.05, 0) is 28.8 Å². The number of hydrogen-bond acceptors (Lipinski definition) is 2. The van der Waals surface area contributed by atoms with Gasteiger partial charge in [0, 0.05) is 26.2 Å². The van der Waals surface area contributed by atoms with Crippen molar-refractivity contribution in [1.29, 1.82) is 0 Å². The second-order valence-corrected chi connectivity index (χ2v) is 6.15. The van der Waals surface area contributed by atoms with Gasteiger partial charge in [0.15, 0.2) is 0 Å². The minimum absolute atomic E-state index is 0. The third-order valence-electron chi connectivity index (χ3n) is 4.58. The minimum Gasteiger partial charge on any atom is -0.314 e. The molecule has 1 aliphatic rings. The van der Waals surface area contributed by atoms with E-state index in [-0.39, 0.29) is 18.4 Å². The van der Waals surface area contributed by atoms with Crippen molar-refractivity contribution < 1.29 is 17.6 Å². The molecule has 7 heteroatoms. The minimum atomic E-state index is -4.33. The molecule has 1 N–H and O–H groups in total. The molecule has 1 aliphatic heterocycles. The predicted molar refractivity (Wildman–Crippen MR) is 97.3 cm³/mol. The molecule has 2 aromatic rings. The summed E-state index contributed by atoms with van der Waals surface area (Å²) < 4.78 is 51.4. The average Bonchev–Trinajstić information content (AvgIpc) is 2.63. The molecular weight excluding hydrogens is 368 g/mol. The zero-order chi connectivity index (χ0) is 17.9. The van der Waals surface area contributed by atoms with Crippen LogP contribution in [0.1, 0.15) is 17.2 Å². The summed E-state index contributed by atoms with van der Waals surface area (Å²) in [6, 6.07) is 12.2. The monoisotopic (exact) mass is 388 g/mol. The Labute approximate surface area is 156 Å². The van der Waals surface area contributed by atoms with E-state index >= 15 is 0 Å². The van der Waals surface area contributed by atoms with E-state index in [9.17, 15) is 17.6 Å². The molecule has 0 bridgehead atoms. The first-order chi connectivity index (χ1) is 12.0. The second-order valence-electron chi connectivity index (χ2n) is 6.15. The summed E-state index contributed by atoms with van der Waals surface area (Å²) in [4.78, 5) is 2.11. The standard InChI is InChI=1S/C19H20F4N2.ClH/c20-13-18(25-11-9-24-10-12-25)16-3-1-14(2-4-16)15-5-7-17(8-6-15)19(21,22)23;/h1-8,18,24H,9-13H2;1H/t18-;/m1./s1. The van der Waals surface area contributed by atoms with Crippen LogP contribution in [-0.2, 0) is 6.18 Å². The molecule has 0 radical (unpaired) electrons. The molecular formula is C19H21ClF4N2. The van der Waals surface area contributed by atoms with Crippen molar-refractivity contribution in [3.05, 3.63) is 59.7 Å². The van der Waals surface area contributed by atoms with Gasteiger partial charge in [0.05, 0.1) is 11.6 Å². The smallest absolute Gasteiger partial charge is 0.314 e. The predicted octanol–water partition coefficient (Wildman–Crippen LogP) is 4.71. The van der Waals surface area contributed by atoms with Crippen molar-refractivity contribution in [3.63, 3.8) is 0 Å². The number of nitrogens with one attached hydrogen (secondary N) is 1. The second kappa shape index (κ2) is 8.84. The van der Waals surface area contributed by atoms with Crippen molar-refractivity contribution in [2.45, 2.75) is 12.2 Å². The molecule has 3 rings (SSSR count). The van der Waals surface area contributed by atoms with Crippen LogP contribution in [0.4, 0.5) is 17.6 Å². The fraction of sp³-hybridized carbons (Fsp3) is 0.368. The van der Waals surface area contributed by atoms with Crippen molar-refractivity contribution in [3.8, 4) is 11.1 Å². The van der Waals surface area contributed by atoms with E-state index in [1.807, 2.05) is 24.3 Å². The van der Waals surface area contributed by atoms with Gasteiger partial charge in [0.25, 0.3) is 0 Å². The van der Waals surface area contributed by atoms with Crippen LogP contribution in [0.3, 0.4) is 0 Å². The van der Waals surface area contributed by atoms with Crippen molar-refractivity contribution in [2.75, 3.05) is 32.9 Å². The van der Waals surface area contributed by atoms with Crippen LogP contribution in [0.15, 0.2) is 48.5 Å². The molecule has 0 aromatic heterocycles. The largest absolute Gasteiger partial charge is 0.416 e. The van der Waals surface area contributed by atoms with E-state index in [1.54, 1.807) is 0 Å². The summed E-state index contributed by atoms with van der Waals surface area (Å²) in [5.74, 6) is 0. The number of alkyl halides is 4. The quantitative estimate of drug-likeness (QED) is 0.763. The highest BCUT2D eigenvalue weighted by Crippen LogP contribution is 2.31. The number of hydrogen-bond donors (Lipinski definition) is 1. The maximum absolute atomic E-state index is 13.5. The normalized spacial score (nSPS) is 16.8. The van der Waals surface area contributed by atoms with Crippen LogP contribution in [0.2, 0.25) is 0 Å². The molecule has 2 nitrogen and oxygen atoms in total. The molecule has 0 spiro atoms. The van der Waals surface area contributed by atoms with E-state index in [2.05, 4.69) is 10.2 Å². The Hall–Kier alpha value is -1.63. The third-order valence-corrected chi connectivity index (χ3v) is 4.58. The Balaban J connectivity index is 0.00000243. The van der Waals surface area contributed by atoms with Gasteiger partial charge in [-0.15, -0.1) is 12.4 Å². The van der Waals surface area contributed by atoms with E-state index in [1.165, 1.54) is 12.1 Å². The molecule has 26 heavy (non-hydrogen) atoms. The molecule has 1 saturated heterocycles. The first kappa shape index (κ1) is 20.7. The molecule has 1 heterocycles. The number of rotatable bonds is 4. The lowest BCUT2D eigenvalue weighted by atomic mass is 9.99. The highest BCUT2D eigenvalue weighted by atomic mass is 35.5. The van der Waals surface area contributed by atoms with Crippen LogP contribution < -0.4 is 5.32 Å². The van der Waals surface area contributed by atoms with E-state index < -0.39 is 18.4 Å². The van der Waals surface area contributed by atoms with E-state index in [4.69, 9.17) is 0 Å². The number of nitrogens with zero attached hydrogens (tertiary/aromatic N) is 1. The van der Waals surface area contributed by atoms with Crippen LogP contribution in [0, 0.1) is 0 Å². The Morgan fingerprint density at radius 2 is 1.38 bits per heavy atom. The zero-order valence-electron chi connectivity index (χ0n) is 14.1. The van der Waals surface area contributed by atoms with Gasteiger partial charge in [0.1, 0.15) is 6.67 Å². The van der Waals surface area contributed by atoms with Crippen LogP contribution in [0.25, 0.3) is 11.1 Å². The number of piperazine rings is 1. The third kappa shape index (κ3) is 4.75. The summed E-state index contributed by atoms with van der Waals surface area (Å²) in [7, 11) is 0. The molecule has 2 aromatic carbocycles. The molecule has 0 aliphatic carbocycles. The first-order valence-corrected chi connectivity index (χ1v) is 8.27. The summed E-state index contributed by atoms with van der Waals surface area (Å²) in [6.07, 6.45) is -4.33. The lowest BCUT2D eigenvalue weighted by Crippen LogP contribution is -2.45. The van der Waals surface area contributed by atoms with Gasteiger partial charge in [-0.25, -0.2) is 4.39 Å². The Morgan fingerprint density at radius 1 is 0.885 bits per heavy atom. The van der Waals surface area contributed by atoms with Crippen molar-refractivity contribution >= 4 is 12.4 Å². The Bertz CT molecular complexity index is 680. The summed E-state index contributed by atoms with van der Waals surface area (Å²) in [5, 5.41) is 3.25. The summed E-state index contributed by atoms with van der Waals surface area (Å²) in [5.41, 5.74) is 1.75. The summed E-state index contributed by atoms with van der Waals surface area (Å²) >= 11 is 0. The highest BCUT2D eigenvalue weighted by Gasteiger charge is 2.30. The molecule has 0 saturated carbocycles. The van der Waals surface area contributed by atoms with Crippen molar-refractivity contribution in [1.82, 2.24) is 10.2 Å². The maximum atomic E-state index is 13.5. The van der Waals surface area contributed by atoms with Gasteiger partial charge in [-0.2, -0.15) is 13.2 Å². The van der Waals surface area contributed by atoms with Gasteiger partial charge >= 0.3 is 6.18 Å². The van der Waals surface area contributed by atoms with Gasteiger partial charge in [-0.3, -0.25) is 4.90 Å². The summed E-state index contributed by atoms with van der Waals surface area (Å²) in [6.45, 7) is 2.84. The van der Waals surface area contributed by atoms with Gasteiger partial charge in [-0.1, -0.05) is 36.4 Å². The maximum Gasteiger partial charge on any atom is 0.416 e.